The van der Waals surface area contributed by atoms with E-state index in [0.717, 1.165) is 16.5 Å². The van der Waals surface area contributed by atoms with Crippen molar-refractivity contribution in [3.8, 4) is 5.88 Å². The summed E-state index contributed by atoms with van der Waals surface area (Å²) < 4.78 is 6.05. The number of pyridine rings is 1. The largest absolute Gasteiger partial charge is 0.481 e. The highest BCUT2D eigenvalue weighted by molar-refractivity contribution is 9.10. The monoisotopic (exact) mass is 259 g/mol. The Kier molecular flexibility index (Phi) is 4.35. The van der Waals surface area contributed by atoms with Gasteiger partial charge in [-0.05, 0) is 41.8 Å². The minimum atomic E-state index is -0.293. The molecule has 0 aromatic carbocycles. The van der Waals surface area contributed by atoms with Gasteiger partial charge in [0.15, 0.2) is 0 Å². The van der Waals surface area contributed by atoms with Crippen molar-refractivity contribution >= 4 is 15.9 Å². The van der Waals surface area contributed by atoms with Crippen LogP contribution in [0.5, 0.6) is 5.88 Å². The first-order valence-corrected chi connectivity index (χ1v) is 5.29. The SMILES string of the molecule is COc1ncc(Br)cc1CC[C@@H](C)O. The first-order valence-electron chi connectivity index (χ1n) is 4.50. The fourth-order valence-corrected chi connectivity index (χ4v) is 1.57. The standard InChI is InChI=1S/C10H14BrNO2/c1-7(13)3-4-8-5-9(11)6-12-10(8)14-2/h5-7,13H,3-4H2,1-2H3/t7-/m1/s1. The van der Waals surface area contributed by atoms with Gasteiger partial charge in [-0.3, -0.25) is 0 Å². The van der Waals surface area contributed by atoms with E-state index in [4.69, 9.17) is 4.74 Å². The predicted molar refractivity (Wildman–Crippen MR) is 58.5 cm³/mol. The molecule has 1 aromatic heterocycles. The summed E-state index contributed by atoms with van der Waals surface area (Å²) in [6.07, 6.45) is 2.89. The van der Waals surface area contributed by atoms with Crippen LogP contribution >= 0.6 is 15.9 Å². The van der Waals surface area contributed by atoms with Crippen molar-refractivity contribution in [2.24, 2.45) is 0 Å². The van der Waals surface area contributed by atoms with Crippen LogP contribution in [0.1, 0.15) is 18.9 Å². The third kappa shape index (κ3) is 3.27. The molecule has 78 valence electrons. The summed E-state index contributed by atoms with van der Waals surface area (Å²) in [6, 6.07) is 1.97. The average molecular weight is 260 g/mol. The van der Waals surface area contributed by atoms with Gasteiger partial charge in [-0.1, -0.05) is 0 Å². The van der Waals surface area contributed by atoms with Crippen molar-refractivity contribution in [1.82, 2.24) is 4.98 Å². The van der Waals surface area contributed by atoms with E-state index in [-0.39, 0.29) is 6.10 Å². The normalized spacial score (nSPS) is 12.6. The summed E-state index contributed by atoms with van der Waals surface area (Å²) in [5, 5.41) is 9.17. The van der Waals surface area contributed by atoms with Crippen molar-refractivity contribution in [2.75, 3.05) is 7.11 Å². The lowest BCUT2D eigenvalue weighted by molar-refractivity contribution is 0.184. The molecule has 0 bridgehead atoms. The van der Waals surface area contributed by atoms with Gasteiger partial charge in [-0.2, -0.15) is 0 Å². The lowest BCUT2D eigenvalue weighted by Gasteiger charge is -2.08. The molecule has 0 fully saturated rings. The Morgan fingerprint density at radius 1 is 1.64 bits per heavy atom. The molecule has 0 spiro atoms. The zero-order valence-corrected chi connectivity index (χ0v) is 9.91. The molecule has 0 aliphatic rings. The lowest BCUT2D eigenvalue weighted by Crippen LogP contribution is -2.03. The maximum Gasteiger partial charge on any atom is 0.216 e. The summed E-state index contributed by atoms with van der Waals surface area (Å²) in [6.45, 7) is 1.78. The summed E-state index contributed by atoms with van der Waals surface area (Å²) in [7, 11) is 1.60. The van der Waals surface area contributed by atoms with E-state index in [2.05, 4.69) is 20.9 Å². The van der Waals surface area contributed by atoms with Gasteiger partial charge in [-0.15, -0.1) is 0 Å². The molecule has 1 heterocycles. The molecule has 1 atom stereocenters. The van der Waals surface area contributed by atoms with Crippen molar-refractivity contribution < 1.29 is 9.84 Å². The van der Waals surface area contributed by atoms with Gasteiger partial charge in [0.1, 0.15) is 0 Å². The highest BCUT2D eigenvalue weighted by Gasteiger charge is 2.06. The van der Waals surface area contributed by atoms with Crippen molar-refractivity contribution in [1.29, 1.82) is 0 Å². The molecule has 0 unspecified atom stereocenters. The predicted octanol–water partition coefficient (Wildman–Crippen LogP) is 2.17. The van der Waals surface area contributed by atoms with Crippen LogP contribution in [0.2, 0.25) is 0 Å². The van der Waals surface area contributed by atoms with Crippen LogP contribution in [-0.4, -0.2) is 23.3 Å². The lowest BCUT2D eigenvalue weighted by atomic mass is 10.1. The van der Waals surface area contributed by atoms with E-state index >= 15 is 0 Å². The number of hydrogen-bond acceptors (Lipinski definition) is 3. The summed E-state index contributed by atoms with van der Waals surface area (Å²) in [5.74, 6) is 0.633. The van der Waals surface area contributed by atoms with Gasteiger partial charge in [0.05, 0.1) is 13.2 Å². The Balaban J connectivity index is 2.77. The van der Waals surface area contributed by atoms with Crippen LogP contribution in [0.3, 0.4) is 0 Å². The molecule has 1 rings (SSSR count). The van der Waals surface area contributed by atoms with Crippen molar-refractivity contribution in [3.63, 3.8) is 0 Å². The number of ether oxygens (including phenoxy) is 1. The van der Waals surface area contributed by atoms with Crippen LogP contribution < -0.4 is 4.74 Å². The second-order valence-corrected chi connectivity index (χ2v) is 4.13. The third-order valence-electron chi connectivity index (χ3n) is 1.92. The number of aliphatic hydroxyl groups is 1. The molecule has 0 radical (unpaired) electrons. The van der Waals surface area contributed by atoms with Gasteiger partial charge >= 0.3 is 0 Å². The molecule has 0 aliphatic heterocycles. The Morgan fingerprint density at radius 2 is 2.36 bits per heavy atom. The highest BCUT2D eigenvalue weighted by atomic mass is 79.9. The summed E-state index contributed by atoms with van der Waals surface area (Å²) in [4.78, 5) is 4.12. The van der Waals surface area contributed by atoms with E-state index in [1.54, 1.807) is 20.2 Å². The highest BCUT2D eigenvalue weighted by Crippen LogP contribution is 2.21. The van der Waals surface area contributed by atoms with Gasteiger partial charge in [0.25, 0.3) is 0 Å². The van der Waals surface area contributed by atoms with Crippen LogP contribution in [0.25, 0.3) is 0 Å². The number of hydrogen-bond donors (Lipinski definition) is 1. The minimum absolute atomic E-state index is 0.293. The number of halogens is 1. The van der Waals surface area contributed by atoms with E-state index in [1.807, 2.05) is 6.07 Å². The number of aliphatic hydroxyl groups excluding tert-OH is 1. The molecule has 1 aromatic rings. The fourth-order valence-electron chi connectivity index (χ4n) is 1.20. The Morgan fingerprint density at radius 3 is 2.93 bits per heavy atom. The molecule has 0 saturated carbocycles. The maximum absolute atomic E-state index is 9.17. The van der Waals surface area contributed by atoms with E-state index in [0.29, 0.717) is 12.3 Å². The first-order chi connectivity index (χ1) is 6.63. The van der Waals surface area contributed by atoms with Crippen LogP contribution in [0.15, 0.2) is 16.7 Å². The molecule has 4 heteroatoms. The Bertz CT molecular complexity index is 302. The van der Waals surface area contributed by atoms with Crippen LogP contribution in [-0.2, 0) is 6.42 Å². The topological polar surface area (TPSA) is 42.4 Å². The molecule has 14 heavy (non-hydrogen) atoms. The minimum Gasteiger partial charge on any atom is -0.481 e. The molecule has 0 aliphatic carbocycles. The van der Waals surface area contributed by atoms with Crippen molar-refractivity contribution in [2.45, 2.75) is 25.9 Å². The third-order valence-corrected chi connectivity index (χ3v) is 2.35. The van der Waals surface area contributed by atoms with E-state index in [1.165, 1.54) is 0 Å². The Labute approximate surface area is 92.3 Å². The molecular formula is C10H14BrNO2. The average Bonchev–Trinajstić information content (AvgIpc) is 2.15. The van der Waals surface area contributed by atoms with Gasteiger partial charge in [0, 0.05) is 16.2 Å². The second kappa shape index (κ2) is 5.32. The summed E-state index contributed by atoms with van der Waals surface area (Å²) in [5.41, 5.74) is 1.02. The number of aromatic nitrogens is 1. The fraction of sp³-hybridized carbons (Fsp3) is 0.500. The zero-order chi connectivity index (χ0) is 10.6. The number of nitrogens with zero attached hydrogens (tertiary/aromatic N) is 1. The molecule has 0 amide bonds. The number of aryl methyl sites for hydroxylation is 1. The van der Waals surface area contributed by atoms with Crippen LogP contribution in [0, 0.1) is 0 Å². The van der Waals surface area contributed by atoms with Crippen molar-refractivity contribution in [3.05, 3.63) is 22.3 Å². The first kappa shape index (κ1) is 11.5. The number of rotatable bonds is 4. The molecular weight excluding hydrogens is 246 g/mol. The van der Waals surface area contributed by atoms with Gasteiger partial charge in [-0.25, -0.2) is 4.98 Å². The quantitative estimate of drug-likeness (QED) is 0.902. The molecule has 3 nitrogen and oxygen atoms in total. The maximum atomic E-state index is 9.17. The van der Waals surface area contributed by atoms with E-state index < -0.39 is 0 Å². The molecule has 1 N–H and O–H groups in total. The zero-order valence-electron chi connectivity index (χ0n) is 8.33. The van der Waals surface area contributed by atoms with Gasteiger partial charge in [0.2, 0.25) is 5.88 Å². The second-order valence-electron chi connectivity index (χ2n) is 3.21. The smallest absolute Gasteiger partial charge is 0.216 e. The molecule has 0 saturated heterocycles. The Hall–Kier alpha value is -0.610. The van der Waals surface area contributed by atoms with Gasteiger partial charge < -0.3 is 9.84 Å². The summed E-state index contributed by atoms with van der Waals surface area (Å²) >= 11 is 3.35. The van der Waals surface area contributed by atoms with Crippen LogP contribution in [0.4, 0.5) is 0 Å². The van der Waals surface area contributed by atoms with E-state index in [9.17, 15) is 5.11 Å². The number of methoxy groups -OCH3 is 1.